The number of fused-ring (bicyclic) bond motifs is 2. The molecule has 0 amide bonds. The van der Waals surface area contributed by atoms with Crippen molar-refractivity contribution in [1.29, 1.82) is 0 Å². The Morgan fingerprint density at radius 1 is 1.35 bits per heavy atom. The van der Waals surface area contributed by atoms with E-state index in [1.54, 1.807) is 0 Å². The number of rotatable bonds is 2. The molecule has 2 aliphatic heterocycles. The third-order valence-electron chi connectivity index (χ3n) is 3.70. The Labute approximate surface area is 119 Å². The fraction of sp³-hybridized carbons (Fsp3) is 0.500. The maximum absolute atomic E-state index is 13.0. The van der Waals surface area contributed by atoms with Crippen molar-refractivity contribution < 1.29 is 17.9 Å². The molecule has 0 saturated carbocycles. The monoisotopic (exact) mass is 301 g/mol. The summed E-state index contributed by atoms with van der Waals surface area (Å²) in [5.74, 6) is -0.366. The molecule has 20 heavy (non-hydrogen) atoms. The number of thioether (sulfide) groups is 1. The van der Waals surface area contributed by atoms with E-state index in [1.807, 2.05) is 11.8 Å². The predicted octanol–water partition coefficient (Wildman–Crippen LogP) is 4.16. The van der Waals surface area contributed by atoms with Crippen LogP contribution < -0.4 is 4.74 Å². The number of alkyl halides is 3. The van der Waals surface area contributed by atoms with E-state index in [4.69, 9.17) is 4.74 Å². The highest BCUT2D eigenvalue weighted by Crippen LogP contribution is 2.46. The van der Waals surface area contributed by atoms with Crippen LogP contribution in [-0.4, -0.2) is 22.6 Å². The van der Waals surface area contributed by atoms with Crippen LogP contribution in [0.2, 0.25) is 0 Å². The zero-order valence-electron chi connectivity index (χ0n) is 10.9. The first-order chi connectivity index (χ1) is 9.47. The van der Waals surface area contributed by atoms with Gasteiger partial charge < -0.3 is 4.74 Å². The van der Waals surface area contributed by atoms with Gasteiger partial charge in [-0.3, -0.25) is 0 Å². The molecule has 0 radical (unpaired) electrons. The SMILES string of the molecule is COc1ncc(C2=CC3CCC(C2)S3)cc1C(F)(F)F. The average Bonchev–Trinajstić information content (AvgIpc) is 2.75. The van der Waals surface area contributed by atoms with Gasteiger partial charge in [0, 0.05) is 16.7 Å². The molecule has 3 rings (SSSR count). The number of hydrogen-bond donors (Lipinski definition) is 0. The fourth-order valence-electron chi connectivity index (χ4n) is 2.75. The van der Waals surface area contributed by atoms with Crippen LogP contribution in [0.5, 0.6) is 5.88 Å². The maximum atomic E-state index is 13.0. The van der Waals surface area contributed by atoms with Crippen molar-refractivity contribution in [2.24, 2.45) is 0 Å². The van der Waals surface area contributed by atoms with Crippen LogP contribution in [0.1, 0.15) is 30.4 Å². The number of methoxy groups -OCH3 is 1. The van der Waals surface area contributed by atoms with E-state index in [2.05, 4.69) is 11.1 Å². The highest BCUT2D eigenvalue weighted by molar-refractivity contribution is 8.01. The van der Waals surface area contributed by atoms with Crippen molar-refractivity contribution in [2.45, 2.75) is 35.9 Å². The van der Waals surface area contributed by atoms with Gasteiger partial charge in [0.2, 0.25) is 5.88 Å². The summed E-state index contributed by atoms with van der Waals surface area (Å²) < 4.78 is 43.7. The zero-order chi connectivity index (χ0) is 14.3. The standard InChI is InChI=1S/C14H14F3NOS/c1-19-13-12(14(15,16)17)6-9(7-18-13)8-4-10-2-3-11(5-8)20-10/h4,6-7,10-11H,2-3,5H2,1H3. The minimum absolute atomic E-state index is 0.366. The van der Waals surface area contributed by atoms with Gasteiger partial charge in [-0.15, -0.1) is 0 Å². The summed E-state index contributed by atoms with van der Waals surface area (Å²) in [4.78, 5) is 3.82. The van der Waals surface area contributed by atoms with E-state index in [1.165, 1.54) is 13.3 Å². The molecule has 2 aliphatic rings. The molecule has 2 atom stereocenters. The van der Waals surface area contributed by atoms with Gasteiger partial charge in [-0.1, -0.05) is 6.08 Å². The largest absolute Gasteiger partial charge is 0.481 e. The van der Waals surface area contributed by atoms with Crippen molar-refractivity contribution in [3.05, 3.63) is 29.5 Å². The van der Waals surface area contributed by atoms with Gasteiger partial charge in [-0.25, -0.2) is 4.98 Å². The Bertz CT molecular complexity index is 556. The van der Waals surface area contributed by atoms with Crippen molar-refractivity contribution in [2.75, 3.05) is 7.11 Å². The lowest BCUT2D eigenvalue weighted by Crippen LogP contribution is -2.11. The summed E-state index contributed by atoms with van der Waals surface area (Å²) >= 11 is 1.92. The van der Waals surface area contributed by atoms with Crippen LogP contribution in [-0.2, 0) is 6.18 Å². The Morgan fingerprint density at radius 2 is 2.15 bits per heavy atom. The second kappa shape index (κ2) is 4.98. The van der Waals surface area contributed by atoms with Crippen molar-refractivity contribution in [3.63, 3.8) is 0 Å². The van der Waals surface area contributed by atoms with Crippen LogP contribution in [0.3, 0.4) is 0 Å². The summed E-state index contributed by atoms with van der Waals surface area (Å²) in [5, 5.41) is 0.983. The second-order valence-corrected chi connectivity index (χ2v) is 6.59. The van der Waals surface area contributed by atoms with Crippen LogP contribution in [0, 0.1) is 0 Å². The molecular formula is C14H14F3NOS. The summed E-state index contributed by atoms with van der Waals surface area (Å²) in [6.07, 6.45) is 2.22. The lowest BCUT2D eigenvalue weighted by atomic mass is 10.0. The molecule has 2 nitrogen and oxygen atoms in total. The molecule has 0 spiro atoms. The number of ether oxygens (including phenoxy) is 1. The molecule has 0 aliphatic carbocycles. The number of pyridine rings is 1. The fourth-order valence-corrected chi connectivity index (χ4v) is 4.31. The summed E-state index contributed by atoms with van der Waals surface area (Å²) in [7, 11) is 1.20. The van der Waals surface area contributed by atoms with Crippen molar-refractivity contribution >= 4 is 17.3 Å². The zero-order valence-corrected chi connectivity index (χ0v) is 11.7. The molecular weight excluding hydrogens is 287 g/mol. The molecule has 1 saturated heterocycles. The number of nitrogens with zero attached hydrogens (tertiary/aromatic N) is 1. The van der Waals surface area contributed by atoms with Gasteiger partial charge in [-0.2, -0.15) is 24.9 Å². The first kappa shape index (κ1) is 13.8. The van der Waals surface area contributed by atoms with Crippen LogP contribution in [0.4, 0.5) is 13.2 Å². The molecule has 3 heterocycles. The van der Waals surface area contributed by atoms with Gasteiger partial charge in [0.15, 0.2) is 0 Å². The van der Waals surface area contributed by atoms with Gasteiger partial charge >= 0.3 is 6.18 Å². The van der Waals surface area contributed by atoms with Crippen molar-refractivity contribution in [3.8, 4) is 5.88 Å². The van der Waals surface area contributed by atoms with Gasteiger partial charge in [-0.05, 0) is 36.5 Å². The quantitative estimate of drug-likeness (QED) is 0.819. The molecule has 0 N–H and O–H groups in total. The summed E-state index contributed by atoms with van der Waals surface area (Å²) in [5.41, 5.74) is 0.746. The molecule has 1 aromatic rings. The van der Waals surface area contributed by atoms with Gasteiger partial charge in [0.1, 0.15) is 5.56 Å². The Balaban J connectivity index is 1.99. The third-order valence-corrected chi connectivity index (χ3v) is 5.20. The van der Waals surface area contributed by atoms with E-state index in [-0.39, 0.29) is 5.88 Å². The number of halogens is 3. The van der Waals surface area contributed by atoms with E-state index >= 15 is 0 Å². The van der Waals surface area contributed by atoms with Gasteiger partial charge in [0.25, 0.3) is 0 Å². The number of allylic oxidation sites excluding steroid dienone is 1. The lowest BCUT2D eigenvalue weighted by Gasteiger charge is -2.20. The smallest absolute Gasteiger partial charge is 0.421 e. The maximum Gasteiger partial charge on any atom is 0.421 e. The first-order valence-electron chi connectivity index (χ1n) is 6.45. The van der Waals surface area contributed by atoms with E-state index in [9.17, 15) is 13.2 Å². The summed E-state index contributed by atoms with van der Waals surface area (Å²) in [6.45, 7) is 0. The lowest BCUT2D eigenvalue weighted by molar-refractivity contribution is -0.139. The Hall–Kier alpha value is -1.17. The topological polar surface area (TPSA) is 22.1 Å². The molecule has 6 heteroatoms. The minimum atomic E-state index is -4.45. The van der Waals surface area contributed by atoms with Crippen LogP contribution >= 0.6 is 11.8 Å². The molecule has 0 aromatic carbocycles. The summed E-state index contributed by atoms with van der Waals surface area (Å²) in [6, 6.07) is 1.16. The van der Waals surface area contributed by atoms with E-state index in [0.717, 1.165) is 30.9 Å². The molecule has 2 unspecified atom stereocenters. The highest BCUT2D eigenvalue weighted by Gasteiger charge is 2.36. The number of aromatic nitrogens is 1. The first-order valence-corrected chi connectivity index (χ1v) is 7.39. The second-order valence-electron chi connectivity index (χ2n) is 5.05. The van der Waals surface area contributed by atoms with Crippen LogP contribution in [0.15, 0.2) is 18.3 Å². The minimum Gasteiger partial charge on any atom is -0.481 e. The Kier molecular flexibility index (Phi) is 3.44. The van der Waals surface area contributed by atoms with E-state index < -0.39 is 11.7 Å². The third kappa shape index (κ3) is 2.53. The number of hydrogen-bond acceptors (Lipinski definition) is 3. The molecule has 2 bridgehead atoms. The Morgan fingerprint density at radius 3 is 2.80 bits per heavy atom. The molecule has 1 aromatic heterocycles. The van der Waals surface area contributed by atoms with Crippen LogP contribution in [0.25, 0.3) is 5.57 Å². The predicted molar refractivity (Wildman–Crippen MR) is 72.8 cm³/mol. The normalized spacial score (nSPS) is 25.5. The average molecular weight is 301 g/mol. The highest BCUT2D eigenvalue weighted by atomic mass is 32.2. The molecule has 1 fully saturated rings. The van der Waals surface area contributed by atoms with Crippen molar-refractivity contribution in [1.82, 2.24) is 4.98 Å². The molecule has 108 valence electrons. The van der Waals surface area contributed by atoms with E-state index in [0.29, 0.717) is 16.1 Å². The van der Waals surface area contributed by atoms with Gasteiger partial charge in [0.05, 0.1) is 7.11 Å².